The summed E-state index contributed by atoms with van der Waals surface area (Å²) in [6.45, 7) is 41.4. The number of terminal acetylenes is 1. The third-order valence-electron chi connectivity index (χ3n) is 16.3. The predicted octanol–water partition coefficient (Wildman–Crippen LogP) is 17.4. The minimum absolute atomic E-state index is 0.120. The van der Waals surface area contributed by atoms with Crippen molar-refractivity contribution in [1.82, 2.24) is 0 Å². The van der Waals surface area contributed by atoms with Gasteiger partial charge >= 0.3 is 0 Å². The molecule has 6 aromatic carbocycles. The number of hydrogen-bond acceptors (Lipinski definition) is 6. The first-order valence-electron chi connectivity index (χ1n) is 28.9. The van der Waals surface area contributed by atoms with E-state index < -0.39 is 0 Å². The number of methoxy groups -OCH3 is 5. The number of ether oxygens (including phenoxy) is 6. The van der Waals surface area contributed by atoms with Crippen LogP contribution < -0.4 is 28.4 Å². The van der Waals surface area contributed by atoms with Gasteiger partial charge in [-0.2, -0.15) is 0 Å². The lowest BCUT2D eigenvalue weighted by atomic mass is 9.79. The number of hydrogen-bond donors (Lipinski definition) is 0. The van der Waals surface area contributed by atoms with E-state index in [-0.39, 0.29) is 39.1 Å². The molecule has 1 aliphatic rings. The van der Waals surface area contributed by atoms with Crippen molar-refractivity contribution >= 4 is 0 Å². The first kappa shape index (κ1) is 61.3. The fraction of sp³-hybridized carbons (Fsp3) is 0.486. The third-order valence-corrected chi connectivity index (χ3v) is 16.3. The van der Waals surface area contributed by atoms with Crippen LogP contribution in [0.5, 0.6) is 34.5 Å². The molecule has 0 spiro atoms. The monoisotopic (exact) mass is 1080 g/mol. The van der Waals surface area contributed by atoms with Gasteiger partial charge in [0.1, 0.15) is 41.1 Å². The molecule has 0 amide bonds. The molecule has 0 atom stereocenters. The maximum absolute atomic E-state index is 6.84. The maximum Gasteiger partial charge on any atom is 0.148 e. The topological polar surface area (TPSA) is 55.4 Å². The van der Waals surface area contributed by atoms with Crippen molar-refractivity contribution in [2.45, 2.75) is 196 Å². The molecule has 0 radical (unpaired) electrons. The third kappa shape index (κ3) is 13.4. The van der Waals surface area contributed by atoms with Crippen LogP contribution >= 0.6 is 0 Å². The Morgan fingerprint density at radius 2 is 0.412 bits per heavy atom. The summed E-state index contributed by atoms with van der Waals surface area (Å²) in [5.74, 6) is 7.92. The second kappa shape index (κ2) is 22.9. The van der Waals surface area contributed by atoms with Crippen LogP contribution in [0.4, 0.5) is 0 Å². The number of fused-ring (bicyclic) bond motifs is 12. The van der Waals surface area contributed by atoms with Gasteiger partial charge in [0, 0.05) is 38.5 Å². The van der Waals surface area contributed by atoms with E-state index in [4.69, 9.17) is 34.8 Å². The Balaban J connectivity index is 1.67. The van der Waals surface area contributed by atoms with Gasteiger partial charge in [0.05, 0.1) is 35.5 Å². The smallest absolute Gasteiger partial charge is 0.148 e. The van der Waals surface area contributed by atoms with Crippen LogP contribution in [-0.4, -0.2) is 42.2 Å². The Kier molecular flexibility index (Phi) is 17.6. The largest absolute Gasteiger partial charge is 0.496 e. The van der Waals surface area contributed by atoms with E-state index in [9.17, 15) is 0 Å². The van der Waals surface area contributed by atoms with Gasteiger partial charge in [-0.1, -0.05) is 203 Å². The van der Waals surface area contributed by atoms with Gasteiger partial charge in [-0.25, -0.2) is 0 Å². The minimum atomic E-state index is -0.195. The summed E-state index contributed by atoms with van der Waals surface area (Å²) in [6.07, 6.45) is 9.52. The second-order valence-electron chi connectivity index (χ2n) is 28.8. The highest BCUT2D eigenvalue weighted by Crippen LogP contribution is 2.46. The normalized spacial score (nSPS) is 13.7. The summed E-state index contributed by atoms with van der Waals surface area (Å²) in [4.78, 5) is 0. The molecule has 6 nitrogen and oxygen atoms in total. The molecule has 0 N–H and O–H groups in total. The molecule has 6 aromatic rings. The summed E-state index contributed by atoms with van der Waals surface area (Å²) < 4.78 is 40.1. The number of rotatable bonds is 7. The van der Waals surface area contributed by atoms with Gasteiger partial charge in [0.25, 0.3) is 0 Å². The van der Waals surface area contributed by atoms with Crippen LogP contribution in [0.15, 0.2) is 72.8 Å². The van der Waals surface area contributed by atoms with Crippen LogP contribution in [0.25, 0.3) is 0 Å². The highest BCUT2D eigenvalue weighted by atomic mass is 16.5. The molecule has 0 heterocycles. The van der Waals surface area contributed by atoms with Crippen molar-refractivity contribution < 1.29 is 28.4 Å². The van der Waals surface area contributed by atoms with Crippen molar-refractivity contribution in [3.05, 3.63) is 173 Å². The Morgan fingerprint density at radius 3 is 0.525 bits per heavy atom. The fourth-order valence-corrected chi connectivity index (χ4v) is 11.5. The molecule has 0 aromatic heterocycles. The van der Waals surface area contributed by atoms with E-state index in [1.807, 2.05) is 35.5 Å². The first-order chi connectivity index (χ1) is 37.1. The molecular weight excluding hydrogens is 985 g/mol. The lowest BCUT2D eigenvalue weighted by Gasteiger charge is -2.28. The Labute approximate surface area is 483 Å². The summed E-state index contributed by atoms with van der Waals surface area (Å²) in [5, 5.41) is 0. The van der Waals surface area contributed by atoms with Gasteiger partial charge in [-0.15, -0.1) is 6.42 Å². The molecule has 0 saturated carbocycles. The Bertz CT molecular complexity index is 3110. The van der Waals surface area contributed by atoms with Gasteiger partial charge in [-0.05, 0) is 133 Å². The zero-order valence-corrected chi connectivity index (χ0v) is 53.4. The van der Waals surface area contributed by atoms with Gasteiger partial charge in [-0.3, -0.25) is 0 Å². The molecule has 12 bridgehead atoms. The summed E-state index contributed by atoms with van der Waals surface area (Å²) in [6, 6.07) is 28.2. The van der Waals surface area contributed by atoms with Crippen molar-refractivity contribution in [2.24, 2.45) is 0 Å². The fourth-order valence-electron chi connectivity index (χ4n) is 11.5. The van der Waals surface area contributed by atoms with Crippen LogP contribution in [0.2, 0.25) is 0 Å². The Hall–Kier alpha value is -6.32. The van der Waals surface area contributed by atoms with Gasteiger partial charge in [0.2, 0.25) is 0 Å². The zero-order chi connectivity index (χ0) is 59.2. The number of benzene rings is 6. The average Bonchev–Trinajstić information content (AvgIpc) is 3.41. The van der Waals surface area contributed by atoms with E-state index in [1.165, 1.54) is 33.4 Å². The van der Waals surface area contributed by atoms with Gasteiger partial charge in [0.15, 0.2) is 0 Å². The van der Waals surface area contributed by atoms with Crippen molar-refractivity contribution in [3.8, 4) is 46.8 Å². The van der Waals surface area contributed by atoms with Gasteiger partial charge < -0.3 is 28.4 Å². The van der Waals surface area contributed by atoms with E-state index >= 15 is 0 Å². The molecule has 0 aliphatic heterocycles. The zero-order valence-electron chi connectivity index (χ0n) is 53.4. The molecule has 80 heavy (non-hydrogen) atoms. The van der Waals surface area contributed by atoms with Crippen LogP contribution in [0.1, 0.15) is 225 Å². The van der Waals surface area contributed by atoms with Crippen molar-refractivity contribution in [2.75, 3.05) is 42.2 Å². The lowest BCUT2D eigenvalue weighted by Crippen LogP contribution is -2.17. The maximum atomic E-state index is 6.84. The molecule has 1 aliphatic carbocycles. The van der Waals surface area contributed by atoms with Crippen LogP contribution in [-0.2, 0) is 71.0 Å². The van der Waals surface area contributed by atoms with E-state index in [0.29, 0.717) is 38.5 Å². The molecule has 0 unspecified atom stereocenters. The minimum Gasteiger partial charge on any atom is -0.496 e. The first-order valence-corrected chi connectivity index (χ1v) is 28.9. The molecule has 0 fully saturated rings. The average molecular weight is 1080 g/mol. The highest BCUT2D eigenvalue weighted by Gasteiger charge is 2.31. The van der Waals surface area contributed by atoms with Crippen molar-refractivity contribution in [3.63, 3.8) is 0 Å². The lowest BCUT2D eigenvalue weighted by molar-refractivity contribution is 0.361. The van der Waals surface area contributed by atoms with Crippen molar-refractivity contribution in [1.29, 1.82) is 0 Å². The standard InChI is InChI=1S/C74H96O6/c1-25-26-80-68-55-31-53-41-60(72(11,12)13)39-51(66(53)78-23)29-49-37-58(70(5,6)7)35-47(64(49)76-21)27-45-33-57(69(2,3)4)34-46(63(45)75-20)28-48-36-59(71(8,9)10)38-50(65(48)77-22)30-52-40-61(73(14,15)16)42-54(67(52)79-24)32-56(68)44-62(43-55)74(17,18)19/h1,33-44H,26-32H2,2-24H3. The molecular formula is C74H96O6. The quantitative estimate of drug-likeness (QED) is 0.148. The van der Waals surface area contributed by atoms with E-state index in [2.05, 4.69) is 203 Å². The molecule has 0 saturated heterocycles. The Morgan fingerprint density at radius 1 is 0.275 bits per heavy atom. The van der Waals surface area contributed by atoms with E-state index in [1.54, 1.807) is 0 Å². The van der Waals surface area contributed by atoms with Crippen LogP contribution in [0, 0.1) is 12.3 Å². The summed E-state index contributed by atoms with van der Waals surface area (Å²) in [7, 11) is 9.06. The summed E-state index contributed by atoms with van der Waals surface area (Å²) >= 11 is 0. The molecule has 7 rings (SSSR count). The van der Waals surface area contributed by atoms with Crippen LogP contribution in [0.3, 0.4) is 0 Å². The molecule has 428 valence electrons. The summed E-state index contributed by atoms with van der Waals surface area (Å²) in [5.41, 5.74) is 19.4. The molecule has 6 heteroatoms. The van der Waals surface area contributed by atoms with E-state index in [0.717, 1.165) is 101 Å². The SMILES string of the molecule is C#CCOc1c2cc(C(C)(C)C)cc1Cc1cc(C(C)(C)C)cc(c1OC)Cc1cc(C(C)(C)C)cc(c1OC)Cc1cc(C(C)(C)C)cc(c1OC)Cc1cc(C(C)(C)C)cc(c1OC)Cc1cc(C(C)(C)C)cc(c1OC)C2. The second-order valence-corrected chi connectivity index (χ2v) is 28.8. The predicted molar refractivity (Wildman–Crippen MR) is 335 cm³/mol. The highest BCUT2D eigenvalue weighted by molar-refractivity contribution is 5.61.